The van der Waals surface area contributed by atoms with Gasteiger partial charge in [-0.1, -0.05) is 6.92 Å². The molecule has 0 bridgehead atoms. The van der Waals surface area contributed by atoms with Crippen molar-refractivity contribution < 1.29 is 17.5 Å². The summed E-state index contributed by atoms with van der Waals surface area (Å²) in [5.41, 5.74) is 0.0678. The van der Waals surface area contributed by atoms with Crippen molar-refractivity contribution in [2.24, 2.45) is 5.92 Å². The van der Waals surface area contributed by atoms with Crippen molar-refractivity contribution in [1.29, 1.82) is 0 Å². The Morgan fingerprint density at radius 1 is 1.43 bits per heavy atom. The van der Waals surface area contributed by atoms with E-state index in [0.717, 1.165) is 13.0 Å². The number of benzene rings is 1. The summed E-state index contributed by atoms with van der Waals surface area (Å²) in [6.45, 7) is 4.91. The molecule has 0 amide bonds. The van der Waals surface area contributed by atoms with E-state index in [2.05, 4.69) is 10.0 Å². The minimum absolute atomic E-state index is 0.0409. The highest BCUT2D eigenvalue weighted by Crippen LogP contribution is 2.26. The van der Waals surface area contributed by atoms with E-state index in [1.54, 1.807) is 0 Å². The lowest BCUT2D eigenvalue weighted by Crippen LogP contribution is -2.50. The van der Waals surface area contributed by atoms with Crippen molar-refractivity contribution in [2.45, 2.75) is 31.2 Å². The molecule has 118 valence electrons. The van der Waals surface area contributed by atoms with Crippen LogP contribution in [0.15, 0.2) is 17.0 Å². The molecule has 1 aromatic rings. The van der Waals surface area contributed by atoms with Crippen LogP contribution in [0.3, 0.4) is 0 Å². The summed E-state index contributed by atoms with van der Waals surface area (Å²) in [4.78, 5) is -0.0430. The molecule has 5 nitrogen and oxygen atoms in total. The Bertz CT molecular complexity index is 619. The average molecular weight is 316 g/mol. The molecule has 1 saturated heterocycles. The third kappa shape index (κ3) is 3.36. The van der Waals surface area contributed by atoms with Gasteiger partial charge in [0.25, 0.3) is 0 Å². The first-order valence-corrected chi connectivity index (χ1v) is 8.41. The van der Waals surface area contributed by atoms with Crippen LogP contribution in [0.2, 0.25) is 0 Å². The van der Waals surface area contributed by atoms with Gasteiger partial charge in [0, 0.05) is 18.2 Å². The smallest absolute Gasteiger partial charge is 0.241 e. The van der Waals surface area contributed by atoms with Crippen LogP contribution in [0, 0.1) is 18.7 Å². The lowest BCUT2D eigenvalue weighted by atomic mass is 9.96. The maximum absolute atomic E-state index is 14.0. The van der Waals surface area contributed by atoms with E-state index in [-0.39, 0.29) is 28.2 Å². The van der Waals surface area contributed by atoms with Gasteiger partial charge in [0.05, 0.1) is 12.0 Å². The second-order valence-electron chi connectivity index (χ2n) is 5.40. The van der Waals surface area contributed by atoms with Crippen LogP contribution in [-0.2, 0) is 10.0 Å². The van der Waals surface area contributed by atoms with Gasteiger partial charge in [-0.15, -0.1) is 0 Å². The predicted octanol–water partition coefficient (Wildman–Crippen LogP) is 1.42. The second kappa shape index (κ2) is 6.29. The van der Waals surface area contributed by atoms with Crippen LogP contribution in [0.5, 0.6) is 5.75 Å². The third-order valence-corrected chi connectivity index (χ3v) is 5.58. The fraction of sp³-hybridized carbons (Fsp3) is 0.571. The van der Waals surface area contributed by atoms with Crippen molar-refractivity contribution in [2.75, 3.05) is 20.2 Å². The van der Waals surface area contributed by atoms with Crippen LogP contribution in [0.4, 0.5) is 4.39 Å². The van der Waals surface area contributed by atoms with Crippen molar-refractivity contribution in [1.82, 2.24) is 10.0 Å². The first-order chi connectivity index (χ1) is 9.86. The Labute approximate surface area is 124 Å². The van der Waals surface area contributed by atoms with Gasteiger partial charge in [-0.05, 0) is 37.9 Å². The van der Waals surface area contributed by atoms with Crippen molar-refractivity contribution in [3.05, 3.63) is 23.5 Å². The number of sulfonamides is 1. The zero-order valence-corrected chi connectivity index (χ0v) is 13.3. The highest BCUT2D eigenvalue weighted by molar-refractivity contribution is 7.89. The quantitative estimate of drug-likeness (QED) is 0.881. The molecule has 2 atom stereocenters. The molecule has 0 saturated carbocycles. The summed E-state index contributed by atoms with van der Waals surface area (Å²) >= 11 is 0. The molecule has 0 aromatic heterocycles. The van der Waals surface area contributed by atoms with Gasteiger partial charge in [-0.3, -0.25) is 0 Å². The standard InChI is InChI=1S/C14H21FN2O3S/c1-9-6-7-16-8-11(9)17-21(18,19)13-5-4-12(20-3)14(15)10(13)2/h4-5,9,11,16-17H,6-8H2,1-3H3. The van der Waals surface area contributed by atoms with Gasteiger partial charge in [-0.2, -0.15) is 0 Å². The Morgan fingerprint density at radius 2 is 2.14 bits per heavy atom. The monoisotopic (exact) mass is 316 g/mol. The molecule has 1 heterocycles. The molecule has 0 spiro atoms. The lowest BCUT2D eigenvalue weighted by molar-refractivity contribution is 0.327. The van der Waals surface area contributed by atoms with Crippen molar-refractivity contribution in [3.8, 4) is 5.75 Å². The zero-order chi connectivity index (χ0) is 15.6. The molecule has 1 aliphatic rings. The molecule has 0 aliphatic carbocycles. The van der Waals surface area contributed by atoms with E-state index >= 15 is 0 Å². The van der Waals surface area contributed by atoms with E-state index in [4.69, 9.17) is 4.74 Å². The molecule has 2 N–H and O–H groups in total. The highest BCUT2D eigenvalue weighted by Gasteiger charge is 2.28. The van der Waals surface area contributed by atoms with E-state index in [9.17, 15) is 12.8 Å². The summed E-state index contributed by atoms with van der Waals surface area (Å²) in [5.74, 6) is -0.362. The number of halogens is 1. The van der Waals surface area contributed by atoms with E-state index in [1.165, 1.54) is 26.2 Å². The molecule has 1 aromatic carbocycles. The Balaban J connectivity index is 2.29. The molecule has 0 radical (unpaired) electrons. The molecule has 2 rings (SSSR count). The molecule has 7 heteroatoms. The first kappa shape index (κ1) is 16.2. The molecule has 21 heavy (non-hydrogen) atoms. The normalized spacial score (nSPS) is 23.0. The molecule has 1 aliphatic heterocycles. The van der Waals surface area contributed by atoms with Gasteiger partial charge < -0.3 is 10.1 Å². The number of methoxy groups -OCH3 is 1. The molecule has 1 fully saturated rings. The van der Waals surface area contributed by atoms with Gasteiger partial charge in [0.15, 0.2) is 11.6 Å². The Morgan fingerprint density at radius 3 is 2.76 bits per heavy atom. The fourth-order valence-electron chi connectivity index (χ4n) is 2.50. The largest absolute Gasteiger partial charge is 0.494 e. The predicted molar refractivity (Wildman–Crippen MR) is 78.4 cm³/mol. The number of piperidine rings is 1. The highest BCUT2D eigenvalue weighted by atomic mass is 32.2. The molecular weight excluding hydrogens is 295 g/mol. The van der Waals surface area contributed by atoms with Gasteiger partial charge in [0.1, 0.15) is 0 Å². The maximum Gasteiger partial charge on any atom is 0.241 e. The third-order valence-electron chi connectivity index (χ3n) is 3.94. The zero-order valence-electron chi connectivity index (χ0n) is 12.4. The second-order valence-corrected chi connectivity index (χ2v) is 7.09. The van der Waals surface area contributed by atoms with Gasteiger partial charge in [0.2, 0.25) is 10.0 Å². The fourth-order valence-corrected chi connectivity index (χ4v) is 4.08. The minimum Gasteiger partial charge on any atom is -0.494 e. The first-order valence-electron chi connectivity index (χ1n) is 6.93. The Hall–Kier alpha value is -1.18. The number of hydrogen-bond acceptors (Lipinski definition) is 4. The Kier molecular flexibility index (Phi) is 4.85. The number of nitrogens with one attached hydrogen (secondary N) is 2. The van der Waals surface area contributed by atoms with Crippen LogP contribution < -0.4 is 14.8 Å². The summed E-state index contributed by atoms with van der Waals surface area (Å²) in [6.07, 6.45) is 0.906. The molecular formula is C14H21FN2O3S. The topological polar surface area (TPSA) is 67.4 Å². The summed E-state index contributed by atoms with van der Waals surface area (Å²) in [7, 11) is -2.41. The van der Waals surface area contributed by atoms with E-state index < -0.39 is 15.8 Å². The molecule has 2 unspecified atom stereocenters. The van der Waals surface area contributed by atoms with Crippen LogP contribution in [-0.4, -0.2) is 34.7 Å². The average Bonchev–Trinajstić information content (AvgIpc) is 2.44. The summed E-state index contributed by atoms with van der Waals surface area (Å²) < 4.78 is 46.5. The van der Waals surface area contributed by atoms with E-state index in [1.807, 2.05) is 6.92 Å². The van der Waals surface area contributed by atoms with Crippen LogP contribution in [0.25, 0.3) is 0 Å². The van der Waals surface area contributed by atoms with Crippen molar-refractivity contribution >= 4 is 10.0 Å². The number of hydrogen-bond donors (Lipinski definition) is 2. The maximum atomic E-state index is 14.0. The number of ether oxygens (including phenoxy) is 1. The van der Waals surface area contributed by atoms with Crippen molar-refractivity contribution in [3.63, 3.8) is 0 Å². The van der Waals surface area contributed by atoms with E-state index in [0.29, 0.717) is 6.54 Å². The number of rotatable bonds is 4. The SMILES string of the molecule is COc1ccc(S(=O)(=O)NC2CNCCC2C)c(C)c1F. The lowest BCUT2D eigenvalue weighted by Gasteiger charge is -2.30. The van der Waals surface area contributed by atoms with Crippen LogP contribution in [0.1, 0.15) is 18.9 Å². The summed E-state index contributed by atoms with van der Waals surface area (Å²) in [5, 5.41) is 3.16. The van der Waals surface area contributed by atoms with Gasteiger partial charge in [-0.25, -0.2) is 17.5 Å². The summed E-state index contributed by atoms with van der Waals surface area (Å²) in [6, 6.07) is 2.52. The van der Waals surface area contributed by atoms with Gasteiger partial charge >= 0.3 is 0 Å². The van der Waals surface area contributed by atoms with Crippen LogP contribution >= 0.6 is 0 Å². The minimum atomic E-state index is -3.76.